The Morgan fingerprint density at radius 1 is 1.35 bits per heavy atom. The highest BCUT2D eigenvalue weighted by molar-refractivity contribution is 5.81. The monoisotopic (exact) mass is 283 g/mol. The van der Waals surface area contributed by atoms with Crippen LogP contribution in [-0.2, 0) is 19.0 Å². The van der Waals surface area contributed by atoms with Crippen LogP contribution in [0, 0.1) is 0 Å². The molecule has 0 aliphatic heterocycles. The summed E-state index contributed by atoms with van der Waals surface area (Å²) in [4.78, 5) is 23.0. The zero-order valence-electron chi connectivity index (χ0n) is 12.0. The molecule has 7 nitrogen and oxygen atoms in total. The van der Waals surface area contributed by atoms with Crippen molar-refractivity contribution in [2.24, 2.45) is 4.99 Å². The van der Waals surface area contributed by atoms with Crippen LogP contribution in [0.5, 0.6) is 0 Å². The molecule has 112 valence electrons. The van der Waals surface area contributed by atoms with Gasteiger partial charge in [-0.1, -0.05) is 0 Å². The van der Waals surface area contributed by atoms with E-state index in [1.165, 1.54) is 6.21 Å². The molecule has 0 bridgehead atoms. The summed E-state index contributed by atoms with van der Waals surface area (Å²) in [7, 11) is 0. The first kappa shape index (κ1) is 16.3. The van der Waals surface area contributed by atoms with Crippen molar-refractivity contribution in [3.8, 4) is 0 Å². The van der Waals surface area contributed by atoms with Gasteiger partial charge in [-0.3, -0.25) is 4.99 Å². The van der Waals surface area contributed by atoms with Crippen LogP contribution in [-0.4, -0.2) is 54.3 Å². The van der Waals surface area contributed by atoms with E-state index in [0.717, 1.165) is 0 Å². The number of ether oxygens (including phenoxy) is 3. The number of carbonyl (C=O) groups excluding carboxylic acids is 1. The molecule has 1 unspecified atom stereocenters. The Morgan fingerprint density at radius 2 is 2.05 bits per heavy atom. The van der Waals surface area contributed by atoms with Crippen LogP contribution in [0.3, 0.4) is 0 Å². The van der Waals surface area contributed by atoms with Crippen LogP contribution in [0.4, 0.5) is 0 Å². The third kappa shape index (κ3) is 5.10. The molecule has 0 radical (unpaired) electrons. The SMILES string of the molecule is CCOC(=O)C(/N=C\c1ncc[nH]1)C(OCC)OCC. The number of aliphatic imine (C=N–C) groups is 1. The molecule has 0 saturated heterocycles. The number of nitrogens with zero attached hydrogens (tertiary/aromatic N) is 2. The predicted octanol–water partition coefficient (Wildman–Crippen LogP) is 1.16. The number of aromatic nitrogens is 2. The van der Waals surface area contributed by atoms with E-state index in [1.807, 2.05) is 13.8 Å². The minimum Gasteiger partial charge on any atom is -0.464 e. The van der Waals surface area contributed by atoms with Gasteiger partial charge in [0.15, 0.2) is 12.3 Å². The van der Waals surface area contributed by atoms with E-state index in [-0.39, 0.29) is 6.61 Å². The van der Waals surface area contributed by atoms with Crippen molar-refractivity contribution in [3.63, 3.8) is 0 Å². The Kier molecular flexibility index (Phi) is 7.52. The molecule has 1 heterocycles. The predicted molar refractivity (Wildman–Crippen MR) is 73.6 cm³/mol. The molecule has 0 fully saturated rings. The van der Waals surface area contributed by atoms with Crippen LogP contribution >= 0.6 is 0 Å². The van der Waals surface area contributed by atoms with Gasteiger partial charge in [0.25, 0.3) is 0 Å². The van der Waals surface area contributed by atoms with Gasteiger partial charge in [-0.2, -0.15) is 0 Å². The van der Waals surface area contributed by atoms with E-state index in [1.54, 1.807) is 19.3 Å². The van der Waals surface area contributed by atoms with Crippen molar-refractivity contribution in [1.82, 2.24) is 9.97 Å². The molecule has 0 saturated carbocycles. The van der Waals surface area contributed by atoms with E-state index in [0.29, 0.717) is 19.0 Å². The van der Waals surface area contributed by atoms with Gasteiger partial charge in [-0.25, -0.2) is 9.78 Å². The number of hydrogen-bond donors (Lipinski definition) is 1. The van der Waals surface area contributed by atoms with Gasteiger partial charge in [-0.15, -0.1) is 0 Å². The number of esters is 1. The molecular weight excluding hydrogens is 262 g/mol. The van der Waals surface area contributed by atoms with E-state index in [2.05, 4.69) is 15.0 Å². The van der Waals surface area contributed by atoms with Crippen LogP contribution in [0.1, 0.15) is 26.6 Å². The summed E-state index contributed by atoms with van der Waals surface area (Å²) < 4.78 is 15.8. The van der Waals surface area contributed by atoms with Crippen LogP contribution in [0.15, 0.2) is 17.4 Å². The van der Waals surface area contributed by atoms with Crippen molar-refractivity contribution >= 4 is 12.2 Å². The first-order valence-electron chi connectivity index (χ1n) is 6.65. The largest absolute Gasteiger partial charge is 0.464 e. The minimum absolute atomic E-state index is 0.274. The molecule has 1 atom stereocenters. The second-order valence-corrected chi connectivity index (χ2v) is 3.73. The number of aromatic amines is 1. The van der Waals surface area contributed by atoms with Gasteiger partial charge >= 0.3 is 5.97 Å². The van der Waals surface area contributed by atoms with Gasteiger partial charge < -0.3 is 19.2 Å². The summed E-state index contributed by atoms with van der Waals surface area (Å²) in [5.74, 6) is 0.0632. The number of imidazole rings is 1. The van der Waals surface area contributed by atoms with Crippen LogP contribution < -0.4 is 0 Å². The lowest BCUT2D eigenvalue weighted by Gasteiger charge is -2.22. The van der Waals surface area contributed by atoms with Crippen molar-refractivity contribution in [1.29, 1.82) is 0 Å². The summed E-state index contributed by atoms with van der Waals surface area (Å²) in [6.45, 7) is 6.49. The Balaban J connectivity index is 2.84. The number of rotatable bonds is 9. The molecule has 0 spiro atoms. The van der Waals surface area contributed by atoms with Crippen molar-refractivity contribution < 1.29 is 19.0 Å². The average Bonchev–Trinajstić information content (AvgIpc) is 2.93. The zero-order chi connectivity index (χ0) is 14.8. The Bertz CT molecular complexity index is 400. The molecule has 0 aliphatic rings. The highest BCUT2D eigenvalue weighted by Gasteiger charge is 2.30. The molecule has 1 rings (SSSR count). The molecule has 20 heavy (non-hydrogen) atoms. The lowest BCUT2D eigenvalue weighted by atomic mass is 10.3. The van der Waals surface area contributed by atoms with E-state index in [4.69, 9.17) is 14.2 Å². The van der Waals surface area contributed by atoms with E-state index in [9.17, 15) is 4.79 Å². The summed E-state index contributed by atoms with van der Waals surface area (Å²) in [6, 6.07) is -0.875. The second kappa shape index (κ2) is 9.22. The second-order valence-electron chi connectivity index (χ2n) is 3.73. The molecule has 7 heteroatoms. The number of hydrogen-bond acceptors (Lipinski definition) is 6. The third-order valence-electron chi connectivity index (χ3n) is 2.32. The minimum atomic E-state index is -0.875. The maximum absolute atomic E-state index is 12.0. The van der Waals surface area contributed by atoms with Gasteiger partial charge in [0.2, 0.25) is 0 Å². The standard InChI is InChI=1S/C13H21N3O4/c1-4-18-12(17)11(13(19-5-2)20-6-3)16-9-10-14-7-8-15-10/h7-9,11,13H,4-6H2,1-3H3,(H,14,15)/b16-9-. The van der Waals surface area contributed by atoms with Crippen molar-refractivity contribution in [2.75, 3.05) is 19.8 Å². The van der Waals surface area contributed by atoms with E-state index >= 15 is 0 Å². The highest BCUT2D eigenvalue weighted by atomic mass is 16.7. The Labute approximate surface area is 118 Å². The maximum Gasteiger partial charge on any atom is 0.336 e. The van der Waals surface area contributed by atoms with Gasteiger partial charge in [0, 0.05) is 25.6 Å². The first-order valence-corrected chi connectivity index (χ1v) is 6.65. The van der Waals surface area contributed by atoms with Crippen LogP contribution in [0.25, 0.3) is 0 Å². The van der Waals surface area contributed by atoms with Crippen molar-refractivity contribution in [3.05, 3.63) is 18.2 Å². The highest BCUT2D eigenvalue weighted by Crippen LogP contribution is 2.09. The number of carbonyl (C=O) groups is 1. The fraction of sp³-hybridized carbons (Fsp3) is 0.615. The molecule has 0 aliphatic carbocycles. The smallest absolute Gasteiger partial charge is 0.336 e. The molecule has 1 aromatic rings. The lowest BCUT2D eigenvalue weighted by molar-refractivity contribution is -0.174. The van der Waals surface area contributed by atoms with Gasteiger partial charge in [0.1, 0.15) is 5.82 Å². The summed E-state index contributed by atoms with van der Waals surface area (Å²) in [5.41, 5.74) is 0. The number of H-pyrrole nitrogens is 1. The molecule has 0 aromatic carbocycles. The summed E-state index contributed by atoms with van der Waals surface area (Å²) in [6.07, 6.45) is 3.97. The van der Waals surface area contributed by atoms with Crippen molar-refractivity contribution in [2.45, 2.75) is 33.1 Å². The zero-order valence-corrected chi connectivity index (χ0v) is 12.0. The fourth-order valence-electron chi connectivity index (χ4n) is 1.53. The lowest BCUT2D eigenvalue weighted by Crippen LogP contribution is -2.38. The Hall–Kier alpha value is -1.73. The average molecular weight is 283 g/mol. The summed E-state index contributed by atoms with van der Waals surface area (Å²) in [5, 5.41) is 0. The van der Waals surface area contributed by atoms with Gasteiger partial charge in [0.05, 0.1) is 12.8 Å². The van der Waals surface area contributed by atoms with Gasteiger partial charge in [-0.05, 0) is 20.8 Å². The molecule has 1 N–H and O–H groups in total. The normalized spacial score (nSPS) is 13.0. The quantitative estimate of drug-likeness (QED) is 0.417. The first-order chi connectivity index (χ1) is 9.72. The third-order valence-corrected chi connectivity index (χ3v) is 2.32. The molecule has 1 aromatic heterocycles. The maximum atomic E-state index is 12.0. The number of nitrogens with one attached hydrogen (secondary N) is 1. The summed E-state index contributed by atoms with van der Waals surface area (Å²) >= 11 is 0. The van der Waals surface area contributed by atoms with E-state index < -0.39 is 18.3 Å². The topological polar surface area (TPSA) is 85.8 Å². The molecular formula is C13H21N3O4. The Morgan fingerprint density at radius 3 is 2.55 bits per heavy atom. The fourth-order valence-corrected chi connectivity index (χ4v) is 1.53. The molecule has 0 amide bonds. The van der Waals surface area contributed by atoms with Crippen LogP contribution in [0.2, 0.25) is 0 Å².